The van der Waals surface area contributed by atoms with E-state index in [2.05, 4.69) is 36.4 Å². The van der Waals surface area contributed by atoms with Crippen molar-refractivity contribution in [2.45, 2.75) is 67.7 Å². The topological polar surface area (TPSA) is 52.6 Å². The number of carbonyl (C=O) groups is 2. The highest BCUT2D eigenvalue weighted by atomic mass is 127. The van der Waals surface area contributed by atoms with Gasteiger partial charge in [-0.2, -0.15) is 0 Å². The highest BCUT2D eigenvalue weighted by Gasteiger charge is 2.70. The van der Waals surface area contributed by atoms with Crippen LogP contribution in [0.5, 0.6) is 0 Å². The molecule has 0 N–H and O–H groups in total. The maximum absolute atomic E-state index is 13.1. The van der Waals surface area contributed by atoms with E-state index < -0.39 is 11.2 Å². The predicted octanol–water partition coefficient (Wildman–Crippen LogP) is 4.99. The average Bonchev–Trinajstić information content (AvgIpc) is 3.15. The van der Waals surface area contributed by atoms with E-state index in [9.17, 15) is 9.59 Å². The van der Waals surface area contributed by atoms with Crippen molar-refractivity contribution in [3.8, 4) is 0 Å². The van der Waals surface area contributed by atoms with Crippen LogP contribution in [0.25, 0.3) is 6.08 Å². The van der Waals surface area contributed by atoms with Crippen molar-refractivity contribution in [1.29, 1.82) is 0 Å². The van der Waals surface area contributed by atoms with Crippen LogP contribution in [0.2, 0.25) is 0 Å². The average molecular weight is 508 g/mol. The highest BCUT2D eigenvalue weighted by Crippen LogP contribution is 2.60. The Kier molecular flexibility index (Phi) is 5.66. The zero-order valence-corrected chi connectivity index (χ0v) is 19.4. The summed E-state index contributed by atoms with van der Waals surface area (Å²) in [6.07, 6.45) is 5.94. The predicted molar refractivity (Wildman–Crippen MR) is 121 cm³/mol. The van der Waals surface area contributed by atoms with Gasteiger partial charge in [0.2, 0.25) is 0 Å². The van der Waals surface area contributed by atoms with Gasteiger partial charge in [-0.3, -0.25) is 4.79 Å². The third kappa shape index (κ3) is 3.69. The van der Waals surface area contributed by atoms with Crippen LogP contribution >= 0.6 is 22.6 Å². The number of esters is 1. The number of Topliss-reactive ketones (excluding diaryl/α,β-unsaturated/α-hetero) is 1. The second-order valence-electron chi connectivity index (χ2n) is 9.35. The van der Waals surface area contributed by atoms with Crippen LogP contribution in [0.4, 0.5) is 0 Å². The molecular weight excluding hydrogens is 479 g/mol. The van der Waals surface area contributed by atoms with E-state index in [-0.39, 0.29) is 29.7 Å². The smallest absolute Gasteiger partial charge is 0.331 e. The summed E-state index contributed by atoms with van der Waals surface area (Å²) < 4.78 is 13.1. The molecule has 29 heavy (non-hydrogen) atoms. The van der Waals surface area contributed by atoms with Crippen LogP contribution in [-0.2, 0) is 19.1 Å². The lowest BCUT2D eigenvalue weighted by molar-refractivity contribution is -0.241. The van der Waals surface area contributed by atoms with Gasteiger partial charge in [0, 0.05) is 28.3 Å². The van der Waals surface area contributed by atoms with Gasteiger partial charge in [-0.25, -0.2) is 4.79 Å². The third-order valence-electron chi connectivity index (χ3n) is 6.85. The Hall–Kier alpha value is -1.21. The Morgan fingerprint density at radius 3 is 2.72 bits per heavy atom. The van der Waals surface area contributed by atoms with Gasteiger partial charge < -0.3 is 9.47 Å². The Bertz CT molecular complexity index is 819. The Morgan fingerprint density at radius 2 is 2.03 bits per heavy atom. The number of ketones is 1. The second kappa shape index (κ2) is 7.80. The minimum absolute atomic E-state index is 0.121. The Balaban J connectivity index is 1.64. The summed E-state index contributed by atoms with van der Waals surface area (Å²) >= 11 is 2.48. The minimum Gasteiger partial charge on any atom is -0.456 e. The second-order valence-corrected chi connectivity index (χ2v) is 11.0. The molecule has 1 saturated carbocycles. The molecule has 6 unspecified atom stereocenters. The molecule has 156 valence electrons. The van der Waals surface area contributed by atoms with E-state index in [1.54, 1.807) is 6.08 Å². The van der Waals surface area contributed by atoms with Crippen molar-refractivity contribution in [2.24, 2.45) is 17.8 Å². The number of ether oxygens (including phenoxy) is 2. The number of rotatable bonds is 5. The van der Waals surface area contributed by atoms with Gasteiger partial charge in [-0.1, -0.05) is 66.8 Å². The molecule has 4 rings (SSSR count). The van der Waals surface area contributed by atoms with E-state index in [4.69, 9.17) is 9.47 Å². The number of carbonyl (C=O) groups excluding carboxylic acids is 2. The summed E-state index contributed by atoms with van der Waals surface area (Å²) in [6.45, 7) is 6.24. The van der Waals surface area contributed by atoms with Crippen LogP contribution < -0.4 is 0 Å². The fraction of sp³-hybridized carbons (Fsp3) is 0.583. The zero-order chi connectivity index (χ0) is 20.8. The minimum atomic E-state index is -0.734. The summed E-state index contributed by atoms with van der Waals surface area (Å²) in [7, 11) is 0. The number of hydrogen-bond donors (Lipinski definition) is 0. The quantitative estimate of drug-likeness (QED) is 0.244. The van der Waals surface area contributed by atoms with Gasteiger partial charge in [-0.05, 0) is 43.7 Å². The molecular formula is C24H29IO4. The monoisotopic (exact) mass is 508 g/mol. The molecule has 2 bridgehead atoms. The summed E-state index contributed by atoms with van der Waals surface area (Å²) in [6, 6.07) is 9.71. The van der Waals surface area contributed by atoms with E-state index in [1.807, 2.05) is 37.3 Å². The van der Waals surface area contributed by atoms with Gasteiger partial charge in [0.05, 0.1) is 0 Å². The van der Waals surface area contributed by atoms with Crippen molar-refractivity contribution in [3.05, 3.63) is 42.0 Å². The molecule has 0 aromatic heterocycles. The molecule has 2 saturated heterocycles. The van der Waals surface area contributed by atoms with Gasteiger partial charge in [-0.15, -0.1) is 0 Å². The number of alkyl halides is 1. The van der Waals surface area contributed by atoms with E-state index in [0.717, 1.165) is 24.8 Å². The lowest BCUT2D eigenvalue weighted by atomic mass is 9.73. The van der Waals surface area contributed by atoms with E-state index in [1.165, 1.54) is 6.08 Å². The number of hydrogen-bond acceptors (Lipinski definition) is 4. The van der Waals surface area contributed by atoms with Crippen LogP contribution in [0.1, 0.15) is 52.0 Å². The van der Waals surface area contributed by atoms with Gasteiger partial charge in [0.15, 0.2) is 5.78 Å². The van der Waals surface area contributed by atoms with Crippen LogP contribution in [-0.4, -0.2) is 33.0 Å². The fourth-order valence-corrected chi connectivity index (χ4v) is 7.01. The third-order valence-corrected chi connectivity index (χ3v) is 8.30. The Labute approximate surface area is 186 Å². The molecule has 0 spiro atoms. The number of benzene rings is 1. The summed E-state index contributed by atoms with van der Waals surface area (Å²) in [4.78, 5) is 25.9. The highest BCUT2D eigenvalue weighted by molar-refractivity contribution is 14.1. The first-order valence-electron chi connectivity index (χ1n) is 10.6. The zero-order valence-electron chi connectivity index (χ0n) is 17.3. The summed E-state index contributed by atoms with van der Waals surface area (Å²) in [5.41, 5.74) is -0.483. The maximum atomic E-state index is 13.1. The molecule has 1 aromatic carbocycles. The van der Waals surface area contributed by atoms with Crippen molar-refractivity contribution in [1.82, 2.24) is 0 Å². The molecule has 6 atom stereocenters. The summed E-state index contributed by atoms with van der Waals surface area (Å²) in [5.74, 6) is 0.445. The first-order chi connectivity index (χ1) is 13.7. The lowest BCUT2D eigenvalue weighted by Crippen LogP contribution is -2.60. The SMILES string of the molecule is CC(C)CC12CC(=O)C(C)(O1)C1CCC(I)C1C2OC(=O)/C=C/c1ccccc1. The summed E-state index contributed by atoms with van der Waals surface area (Å²) in [5, 5.41) is 0. The molecule has 4 nitrogen and oxygen atoms in total. The number of fused-ring (bicyclic) bond motifs is 4. The van der Waals surface area contributed by atoms with E-state index in [0.29, 0.717) is 16.3 Å². The molecule has 3 fully saturated rings. The van der Waals surface area contributed by atoms with Crippen LogP contribution in [0.3, 0.4) is 0 Å². The largest absolute Gasteiger partial charge is 0.456 e. The normalized spacial score (nSPS) is 38.6. The molecule has 3 aliphatic rings. The standard InChI is InChI=1S/C24H29IO4/c1-15(2)13-24-14-19(26)23(3,29-24)17-10-11-18(25)21(17)22(24)28-20(27)12-9-16-7-5-4-6-8-16/h4-9,12,15,17-18,21-22H,10-11,13-14H2,1-3H3/b12-9+. The first kappa shape index (κ1) is 21.0. The van der Waals surface area contributed by atoms with Crippen molar-refractivity contribution < 1.29 is 19.1 Å². The molecule has 1 aliphatic carbocycles. The molecule has 5 heteroatoms. The molecule has 0 amide bonds. The molecule has 2 aliphatic heterocycles. The van der Waals surface area contributed by atoms with Crippen LogP contribution in [0.15, 0.2) is 36.4 Å². The van der Waals surface area contributed by atoms with E-state index >= 15 is 0 Å². The first-order valence-corrected chi connectivity index (χ1v) is 11.8. The van der Waals surface area contributed by atoms with Gasteiger partial charge in [0.1, 0.15) is 17.3 Å². The van der Waals surface area contributed by atoms with Gasteiger partial charge in [0.25, 0.3) is 0 Å². The van der Waals surface area contributed by atoms with Crippen molar-refractivity contribution >= 4 is 40.4 Å². The van der Waals surface area contributed by atoms with Crippen LogP contribution in [0, 0.1) is 17.8 Å². The van der Waals surface area contributed by atoms with Crippen molar-refractivity contribution in [2.75, 3.05) is 0 Å². The number of halogens is 1. The van der Waals surface area contributed by atoms with Crippen molar-refractivity contribution in [3.63, 3.8) is 0 Å². The molecule has 1 aromatic rings. The fourth-order valence-electron chi connectivity index (χ4n) is 5.77. The Morgan fingerprint density at radius 1 is 1.31 bits per heavy atom. The molecule has 2 heterocycles. The van der Waals surface area contributed by atoms with Gasteiger partial charge >= 0.3 is 5.97 Å². The molecule has 0 radical (unpaired) electrons. The lowest BCUT2D eigenvalue weighted by Gasteiger charge is -2.50. The maximum Gasteiger partial charge on any atom is 0.331 e.